The lowest BCUT2D eigenvalue weighted by atomic mass is 9.65. The van der Waals surface area contributed by atoms with E-state index in [2.05, 4.69) is 0 Å². The maximum atomic E-state index is 11.7. The average Bonchev–Trinajstić information content (AvgIpc) is 2.80. The number of rotatable bonds is 1. The molecule has 2 saturated heterocycles. The largest absolute Gasteiger partial charge is 0.393 e. The minimum absolute atomic E-state index is 0.0487. The molecule has 6 nitrogen and oxygen atoms in total. The van der Waals surface area contributed by atoms with Gasteiger partial charge in [0.05, 0.1) is 11.8 Å². The summed E-state index contributed by atoms with van der Waals surface area (Å²) >= 11 is 0. The van der Waals surface area contributed by atoms with Gasteiger partial charge in [-0.15, -0.1) is 0 Å². The first-order valence-corrected chi connectivity index (χ1v) is 6.74. The Labute approximate surface area is 110 Å². The van der Waals surface area contributed by atoms with Gasteiger partial charge >= 0.3 is 11.9 Å². The molecule has 0 radical (unpaired) electrons. The van der Waals surface area contributed by atoms with Gasteiger partial charge in [0.2, 0.25) is 0 Å². The van der Waals surface area contributed by atoms with Crippen LogP contribution in [0.5, 0.6) is 0 Å². The first-order valence-electron chi connectivity index (χ1n) is 6.74. The summed E-state index contributed by atoms with van der Waals surface area (Å²) in [4.78, 5) is 23.3. The van der Waals surface area contributed by atoms with Crippen molar-refractivity contribution in [3.8, 4) is 0 Å². The highest BCUT2D eigenvalue weighted by Crippen LogP contribution is 2.48. The van der Waals surface area contributed by atoms with Crippen molar-refractivity contribution >= 4 is 11.9 Å². The summed E-state index contributed by atoms with van der Waals surface area (Å²) in [5, 5.41) is 19.2. The third-order valence-electron chi connectivity index (χ3n) is 4.80. The number of fused-ring (bicyclic) bond motifs is 1. The Kier molecular flexibility index (Phi) is 3.11. The van der Waals surface area contributed by atoms with Gasteiger partial charge in [-0.25, -0.2) is 0 Å². The molecule has 7 unspecified atom stereocenters. The van der Waals surface area contributed by atoms with Crippen LogP contribution >= 0.6 is 0 Å². The van der Waals surface area contributed by atoms with Crippen molar-refractivity contribution in [1.82, 2.24) is 0 Å². The molecule has 3 rings (SSSR count). The number of carbonyl (C=O) groups is 2. The molecule has 0 aromatic rings. The van der Waals surface area contributed by atoms with Crippen LogP contribution in [0.3, 0.4) is 0 Å². The standard InChI is InChI=1S/C13H18O6/c1-5-2-6(7-4-9(14)18-11(7)15)3-8-10(5)13(17)19-12(8)16/h5-11,14-15H,2-4H2,1H3. The monoisotopic (exact) mass is 270 g/mol. The molecule has 3 fully saturated rings. The van der Waals surface area contributed by atoms with Crippen LogP contribution in [0.15, 0.2) is 0 Å². The van der Waals surface area contributed by atoms with Crippen molar-refractivity contribution < 1.29 is 29.3 Å². The van der Waals surface area contributed by atoms with Crippen molar-refractivity contribution in [2.24, 2.45) is 29.6 Å². The molecule has 106 valence electrons. The second-order valence-corrected chi connectivity index (χ2v) is 5.96. The molecule has 7 atom stereocenters. The highest BCUT2D eigenvalue weighted by molar-refractivity contribution is 5.96. The second kappa shape index (κ2) is 4.54. The maximum Gasteiger partial charge on any atom is 0.317 e. The highest BCUT2D eigenvalue weighted by Gasteiger charge is 2.53. The van der Waals surface area contributed by atoms with Crippen LogP contribution < -0.4 is 0 Å². The van der Waals surface area contributed by atoms with Crippen LogP contribution in [0.2, 0.25) is 0 Å². The van der Waals surface area contributed by atoms with Crippen molar-refractivity contribution in [3.63, 3.8) is 0 Å². The van der Waals surface area contributed by atoms with Gasteiger partial charge in [-0.3, -0.25) is 9.59 Å². The van der Waals surface area contributed by atoms with E-state index in [9.17, 15) is 19.8 Å². The molecule has 2 aliphatic heterocycles. The Morgan fingerprint density at radius 2 is 1.84 bits per heavy atom. The van der Waals surface area contributed by atoms with Crippen LogP contribution in [0, 0.1) is 29.6 Å². The summed E-state index contributed by atoms with van der Waals surface area (Å²) in [5.41, 5.74) is 0. The molecule has 0 aromatic heterocycles. The molecule has 0 aromatic carbocycles. The minimum Gasteiger partial charge on any atom is -0.393 e. The lowest BCUT2D eigenvalue weighted by Gasteiger charge is -2.36. The van der Waals surface area contributed by atoms with Crippen molar-refractivity contribution in [3.05, 3.63) is 0 Å². The van der Waals surface area contributed by atoms with Crippen LogP contribution in [-0.4, -0.2) is 34.7 Å². The fraction of sp³-hybridized carbons (Fsp3) is 0.846. The van der Waals surface area contributed by atoms with Crippen LogP contribution in [0.4, 0.5) is 0 Å². The maximum absolute atomic E-state index is 11.7. The number of carbonyl (C=O) groups excluding carboxylic acids is 2. The first kappa shape index (κ1) is 13.0. The predicted octanol–water partition coefficient (Wildman–Crippen LogP) is 0.0216. The SMILES string of the molecule is CC1CC(C2CC(O)OC2O)CC2C(=O)OC(=O)C12. The topological polar surface area (TPSA) is 93.1 Å². The Hall–Kier alpha value is -0.980. The van der Waals surface area contributed by atoms with Gasteiger partial charge in [0.1, 0.15) is 0 Å². The van der Waals surface area contributed by atoms with E-state index in [0.717, 1.165) is 6.42 Å². The van der Waals surface area contributed by atoms with Crippen molar-refractivity contribution in [2.45, 2.75) is 38.8 Å². The van der Waals surface area contributed by atoms with E-state index in [1.807, 2.05) is 6.92 Å². The van der Waals surface area contributed by atoms with Crippen molar-refractivity contribution in [1.29, 1.82) is 0 Å². The van der Waals surface area contributed by atoms with Crippen LogP contribution in [-0.2, 0) is 19.1 Å². The summed E-state index contributed by atoms with van der Waals surface area (Å²) in [6.45, 7) is 1.93. The molecule has 3 aliphatic rings. The molecule has 2 heterocycles. The van der Waals surface area contributed by atoms with Gasteiger partial charge in [0.25, 0.3) is 0 Å². The van der Waals surface area contributed by atoms with E-state index >= 15 is 0 Å². The number of ether oxygens (including phenoxy) is 2. The molecule has 1 aliphatic carbocycles. The van der Waals surface area contributed by atoms with Gasteiger partial charge in [-0.1, -0.05) is 6.92 Å². The zero-order valence-electron chi connectivity index (χ0n) is 10.7. The summed E-state index contributed by atoms with van der Waals surface area (Å²) in [7, 11) is 0. The van der Waals surface area contributed by atoms with E-state index in [1.165, 1.54) is 0 Å². The zero-order chi connectivity index (χ0) is 13.7. The lowest BCUT2D eigenvalue weighted by Crippen LogP contribution is -2.38. The van der Waals surface area contributed by atoms with E-state index < -0.39 is 30.4 Å². The predicted molar refractivity (Wildman–Crippen MR) is 61.2 cm³/mol. The van der Waals surface area contributed by atoms with Gasteiger partial charge in [-0.2, -0.15) is 0 Å². The molecule has 0 amide bonds. The molecule has 1 saturated carbocycles. The summed E-state index contributed by atoms with van der Waals surface area (Å²) in [6, 6.07) is 0. The minimum atomic E-state index is -0.989. The number of aliphatic hydroxyl groups excluding tert-OH is 2. The fourth-order valence-electron chi connectivity index (χ4n) is 3.91. The summed E-state index contributed by atoms with van der Waals surface area (Å²) < 4.78 is 9.67. The van der Waals surface area contributed by atoms with Crippen LogP contribution in [0.25, 0.3) is 0 Å². The summed E-state index contributed by atoms with van der Waals surface area (Å²) in [5.74, 6) is -1.65. The molecular formula is C13H18O6. The van der Waals surface area contributed by atoms with Gasteiger partial charge in [0.15, 0.2) is 12.6 Å². The molecule has 0 bridgehead atoms. The smallest absolute Gasteiger partial charge is 0.317 e. The number of hydrogen-bond donors (Lipinski definition) is 2. The molecule has 6 heteroatoms. The Morgan fingerprint density at radius 3 is 2.47 bits per heavy atom. The van der Waals surface area contributed by atoms with Crippen LogP contribution in [0.1, 0.15) is 26.2 Å². The number of cyclic esters (lactones) is 2. The molecule has 19 heavy (non-hydrogen) atoms. The van der Waals surface area contributed by atoms with E-state index in [0.29, 0.717) is 12.8 Å². The quantitative estimate of drug-likeness (QED) is 0.515. The third-order valence-corrected chi connectivity index (χ3v) is 4.80. The average molecular weight is 270 g/mol. The number of aliphatic hydroxyl groups is 2. The highest BCUT2D eigenvalue weighted by atomic mass is 16.7. The fourth-order valence-corrected chi connectivity index (χ4v) is 3.91. The first-order chi connectivity index (χ1) is 8.97. The van der Waals surface area contributed by atoms with Gasteiger partial charge < -0.3 is 19.7 Å². The van der Waals surface area contributed by atoms with Gasteiger partial charge in [0, 0.05) is 12.3 Å². The van der Waals surface area contributed by atoms with E-state index in [1.54, 1.807) is 0 Å². The van der Waals surface area contributed by atoms with E-state index in [-0.39, 0.29) is 23.7 Å². The second-order valence-electron chi connectivity index (χ2n) is 5.96. The van der Waals surface area contributed by atoms with E-state index in [4.69, 9.17) is 9.47 Å². The molecule has 2 N–H and O–H groups in total. The molecule has 0 spiro atoms. The summed E-state index contributed by atoms with van der Waals surface area (Å²) in [6.07, 6.45) is -0.292. The number of hydrogen-bond acceptors (Lipinski definition) is 6. The Bertz CT molecular complexity index is 408. The Balaban J connectivity index is 1.77. The lowest BCUT2D eigenvalue weighted by molar-refractivity contribution is -0.173. The third kappa shape index (κ3) is 2.07. The Morgan fingerprint density at radius 1 is 1.11 bits per heavy atom. The van der Waals surface area contributed by atoms with Crippen molar-refractivity contribution in [2.75, 3.05) is 0 Å². The zero-order valence-corrected chi connectivity index (χ0v) is 10.7. The van der Waals surface area contributed by atoms with Gasteiger partial charge in [-0.05, 0) is 24.7 Å². The normalized spacial score (nSPS) is 50.2. The molecular weight excluding hydrogens is 252 g/mol. The number of esters is 2.